The summed E-state index contributed by atoms with van der Waals surface area (Å²) in [5, 5.41) is 12.6. The van der Waals surface area contributed by atoms with E-state index in [0.29, 0.717) is 0 Å². The topological polar surface area (TPSA) is 24.6 Å². The van der Waals surface area contributed by atoms with Gasteiger partial charge in [-0.1, -0.05) is 246 Å². The van der Waals surface area contributed by atoms with Gasteiger partial charge in [0.25, 0.3) is 0 Å². The lowest BCUT2D eigenvalue weighted by atomic mass is 9.36. The molecule has 0 N–H and O–H groups in total. The minimum absolute atomic E-state index is 0.0375. The summed E-state index contributed by atoms with van der Waals surface area (Å²) in [5.41, 5.74) is 28.8. The minimum Gasteiger partial charge on any atom is -0.309 e. The lowest BCUT2D eigenvalue weighted by Gasteiger charge is -2.38. The van der Waals surface area contributed by atoms with Crippen LogP contribution < -0.4 is 32.8 Å². The second-order valence-electron chi connectivity index (χ2n) is 29.3. The number of nitrogens with zero attached hydrogens (tertiary/aromatic N) is 5. The molecule has 0 saturated carbocycles. The molecule has 0 spiro atoms. The molecule has 0 fully saturated rings. The Kier molecular flexibility index (Phi) is 12.1. The smallest absolute Gasteiger partial charge is 0.250 e. The van der Waals surface area contributed by atoms with Crippen molar-refractivity contribution in [1.29, 1.82) is 0 Å². The van der Waals surface area contributed by atoms with Crippen LogP contribution in [-0.4, -0.2) is 36.3 Å². The summed E-state index contributed by atoms with van der Waals surface area (Å²) in [4.78, 5) is 13.2. The fourth-order valence-electron chi connectivity index (χ4n) is 19.6. The Morgan fingerprint density at radius 2 is 0.426 bits per heavy atom. The molecule has 0 unspecified atom stereocenters. The minimum atomic E-state index is 0.0375. The standard InChI is InChI=1S/C96H53B2N5S5/c1-9-30-71-59(20-1)60-21-2-10-31-72(60)99(71)54-42-44-81-69(46-54)97-70-47-55(43-45-82(70)105-84-41-19-40-83(104-81)93(84)97)100-77-36-15-7-26-67(77)91-65(28-17-38-79(91)100)66-29-18-39-80-92(66)68-27-8-16-37-78(68)103(80)58-52-89-96-90(53-58)108-88-51-57(102-75-34-13-5-24-63(75)64-25-6-14-35-76(64)102)49-86-95(88)98(96)94-85(106-86)48-56(50-87(94)107-89)101-73-32-11-3-22-61(73)62-23-4-12-33-74(62)101/h1-53H. The molecule has 10 heterocycles. The van der Waals surface area contributed by atoms with Crippen LogP contribution >= 0.6 is 58.8 Å². The van der Waals surface area contributed by atoms with Crippen molar-refractivity contribution in [3.8, 4) is 39.6 Å². The highest BCUT2D eigenvalue weighted by Crippen LogP contribution is 2.52. The maximum absolute atomic E-state index is 2.58. The second kappa shape index (κ2) is 22.0. The van der Waals surface area contributed by atoms with Gasteiger partial charge in [-0.3, -0.25) is 0 Å². The number of benzene rings is 16. The van der Waals surface area contributed by atoms with Gasteiger partial charge in [-0.15, -0.1) is 0 Å². The number of fused-ring (bicyclic) bond motifs is 19. The molecular formula is C96H53B2N5S5. The molecule has 5 nitrogen and oxygen atoms in total. The Hall–Kier alpha value is -11.6. The molecule has 108 heavy (non-hydrogen) atoms. The van der Waals surface area contributed by atoms with Crippen LogP contribution in [0.15, 0.2) is 370 Å². The van der Waals surface area contributed by atoms with Crippen molar-refractivity contribution in [3.05, 3.63) is 322 Å². The first-order valence-electron chi connectivity index (χ1n) is 36.9. The monoisotopic (exact) mass is 1460 g/mol. The first-order valence-corrected chi connectivity index (χ1v) is 41.0. The summed E-state index contributed by atoms with van der Waals surface area (Å²) in [7, 11) is 0. The second-order valence-corrected chi connectivity index (χ2v) is 34.7. The first-order chi connectivity index (χ1) is 53.6. The van der Waals surface area contributed by atoms with Gasteiger partial charge in [-0.05, 0) is 179 Å². The SMILES string of the molecule is c1cc2c3c(c1)Sc1ccc(-n4c5ccccc5c5c(-c6cccc7c6c6ccccc6n7-c6cc7c8c(c6)Sc6cc(-n9c%10ccccc%10c%10ccccc%109)cc9c6B8c6c(cc(-n8c%10ccccc%10c%10ccccc%108)cc6S7)S9)cccc54)cc1B3c1cc(-n3c4ccccc4c4ccccc43)ccc1S2. The van der Waals surface area contributed by atoms with Crippen LogP contribution in [0.1, 0.15) is 0 Å². The molecule has 0 aliphatic carbocycles. The lowest BCUT2D eigenvalue weighted by molar-refractivity contribution is 1.12. The summed E-state index contributed by atoms with van der Waals surface area (Å²) < 4.78 is 12.6. The van der Waals surface area contributed by atoms with E-state index in [1.165, 1.54) is 225 Å². The molecule has 21 aromatic rings. The van der Waals surface area contributed by atoms with Gasteiger partial charge in [-0.25, -0.2) is 0 Å². The number of aromatic nitrogens is 5. The summed E-state index contributed by atoms with van der Waals surface area (Å²) >= 11 is 9.72. The molecule has 12 heteroatoms. The molecule has 5 aliphatic heterocycles. The van der Waals surface area contributed by atoms with E-state index in [9.17, 15) is 0 Å². The molecule has 0 amide bonds. The summed E-state index contributed by atoms with van der Waals surface area (Å²) in [6.45, 7) is 0.101. The summed E-state index contributed by atoms with van der Waals surface area (Å²) in [6.07, 6.45) is 0. The van der Waals surface area contributed by atoms with Gasteiger partial charge in [0.15, 0.2) is 0 Å². The van der Waals surface area contributed by atoms with Crippen molar-refractivity contribution >= 4 is 214 Å². The highest BCUT2D eigenvalue weighted by atomic mass is 32.2. The van der Waals surface area contributed by atoms with Crippen molar-refractivity contribution < 1.29 is 0 Å². The van der Waals surface area contributed by atoms with Crippen molar-refractivity contribution in [2.75, 3.05) is 0 Å². The number of hydrogen-bond donors (Lipinski definition) is 0. The van der Waals surface area contributed by atoms with Gasteiger partial charge in [0.1, 0.15) is 0 Å². The number of hydrogen-bond acceptors (Lipinski definition) is 5. The predicted molar refractivity (Wildman–Crippen MR) is 459 cm³/mol. The third kappa shape index (κ3) is 8.02. The van der Waals surface area contributed by atoms with Crippen LogP contribution in [0.25, 0.3) is 149 Å². The van der Waals surface area contributed by atoms with Crippen LogP contribution in [0.2, 0.25) is 0 Å². The lowest BCUT2D eigenvalue weighted by Crippen LogP contribution is -2.60. The highest BCUT2D eigenvalue weighted by molar-refractivity contribution is 8.03. The highest BCUT2D eigenvalue weighted by Gasteiger charge is 2.46. The Balaban J connectivity index is 0.651. The quantitative estimate of drug-likeness (QED) is 0.155. The Bertz CT molecular complexity index is 7350. The number of para-hydroxylation sites is 8. The van der Waals surface area contributed by atoms with Gasteiger partial charge in [0.05, 0.1) is 55.2 Å². The largest absolute Gasteiger partial charge is 0.309 e. The third-order valence-electron chi connectivity index (χ3n) is 23.9. The fraction of sp³-hybridized carbons (Fsp3) is 0. The predicted octanol–water partition coefficient (Wildman–Crippen LogP) is 22.2. The molecule has 0 bridgehead atoms. The van der Waals surface area contributed by atoms with Gasteiger partial charge < -0.3 is 22.8 Å². The maximum atomic E-state index is 2.58. The van der Waals surface area contributed by atoms with Crippen LogP contribution in [0.3, 0.4) is 0 Å². The molecule has 0 radical (unpaired) electrons. The Morgan fingerprint density at radius 3 is 0.769 bits per heavy atom. The van der Waals surface area contributed by atoms with Crippen molar-refractivity contribution in [1.82, 2.24) is 22.8 Å². The zero-order chi connectivity index (χ0) is 69.9. The number of rotatable bonds is 6. The molecule has 5 aliphatic rings. The van der Waals surface area contributed by atoms with E-state index in [1.807, 2.05) is 58.8 Å². The van der Waals surface area contributed by atoms with E-state index in [-0.39, 0.29) is 13.4 Å². The van der Waals surface area contributed by atoms with E-state index in [4.69, 9.17) is 0 Å². The average molecular weight is 1460 g/mol. The van der Waals surface area contributed by atoms with Crippen molar-refractivity contribution in [2.24, 2.45) is 0 Å². The van der Waals surface area contributed by atoms with Gasteiger partial charge >= 0.3 is 0 Å². The van der Waals surface area contributed by atoms with Crippen molar-refractivity contribution in [3.63, 3.8) is 0 Å². The van der Waals surface area contributed by atoms with Crippen molar-refractivity contribution in [2.45, 2.75) is 49.0 Å². The maximum Gasteiger partial charge on any atom is 0.250 e. The summed E-state index contributed by atoms with van der Waals surface area (Å²) in [5.74, 6) is 0. The van der Waals surface area contributed by atoms with Crippen LogP contribution in [0.5, 0.6) is 0 Å². The van der Waals surface area contributed by atoms with Crippen LogP contribution in [0.4, 0.5) is 0 Å². The van der Waals surface area contributed by atoms with E-state index < -0.39 is 0 Å². The zero-order valence-corrected chi connectivity index (χ0v) is 61.6. The van der Waals surface area contributed by atoms with E-state index >= 15 is 0 Å². The van der Waals surface area contributed by atoms with Crippen LogP contribution in [-0.2, 0) is 0 Å². The fourth-order valence-corrected chi connectivity index (χ4v) is 26.0. The van der Waals surface area contributed by atoms with Gasteiger partial charge in [-0.2, -0.15) is 0 Å². The van der Waals surface area contributed by atoms with E-state index in [0.717, 1.165) is 5.69 Å². The molecule has 0 saturated heterocycles. The van der Waals surface area contributed by atoms with Gasteiger partial charge in [0, 0.05) is 131 Å². The van der Waals surface area contributed by atoms with Gasteiger partial charge in [0.2, 0.25) is 13.4 Å². The Morgan fingerprint density at radius 1 is 0.176 bits per heavy atom. The zero-order valence-electron chi connectivity index (χ0n) is 57.5. The van der Waals surface area contributed by atoms with Crippen LogP contribution in [0, 0.1) is 0 Å². The van der Waals surface area contributed by atoms with E-state index in [1.54, 1.807) is 0 Å². The summed E-state index contributed by atoms with van der Waals surface area (Å²) in [6, 6.07) is 122. The molecule has 0 atom stereocenters. The molecule has 26 rings (SSSR count). The molecule has 16 aromatic carbocycles. The first kappa shape index (κ1) is 59.5. The molecule has 5 aromatic heterocycles. The average Bonchev–Trinajstić information content (AvgIpc) is 0.786. The molecule has 498 valence electrons. The van der Waals surface area contributed by atoms with E-state index in [2.05, 4.69) is 344 Å². The molecular weight excluding hydrogens is 1410 g/mol. The Labute approximate surface area is 641 Å². The third-order valence-corrected chi connectivity index (χ3v) is 29.6. The normalized spacial score (nSPS) is 13.7.